The molecule has 0 saturated carbocycles. The smallest absolute Gasteiger partial charge is 0.282 e. The molecule has 0 rings (SSSR count). The van der Waals surface area contributed by atoms with Gasteiger partial charge in [-0.3, -0.25) is 13.6 Å². The Kier molecular flexibility index (Phi) is 1470. The molecule has 6 heavy (non-hydrogen) atoms. The maximum atomic E-state index is 7.75. The van der Waals surface area contributed by atoms with Gasteiger partial charge in [0, 0.05) is 0 Å². The largest absolute Gasteiger partial charge is 0.545 e. The Hall–Kier alpha value is 0.443. The van der Waals surface area contributed by atoms with Gasteiger partial charge in [-0.05, 0) is 0 Å². The fourth-order valence-electron chi connectivity index (χ4n) is 0. The van der Waals surface area contributed by atoms with E-state index in [4.69, 9.17) is 9.59 Å². The van der Waals surface area contributed by atoms with Crippen molar-refractivity contribution in [3.63, 3.8) is 0 Å². The number of rotatable bonds is 0. The first-order valence-corrected chi connectivity index (χ1v) is 4.34. The van der Waals surface area contributed by atoms with Gasteiger partial charge in [0.15, 0.2) is 0 Å². The molecular weight excluding hydrogens is 239 g/mol. The number of carbonyl (C=O) groups excluding carboxylic acids is 2. The van der Waals surface area contributed by atoms with Crippen molar-refractivity contribution in [3.05, 3.63) is 0 Å². The van der Waals surface area contributed by atoms with Crippen LogP contribution in [0.2, 0.25) is 0 Å². The zero-order chi connectivity index (χ0) is 6.00. The van der Waals surface area contributed by atoms with Crippen LogP contribution in [0.4, 0.5) is 0 Å². The van der Waals surface area contributed by atoms with Gasteiger partial charge in [-0.25, -0.2) is 0 Å². The molecule has 0 aliphatic rings. The minimum atomic E-state index is 2.36. The van der Waals surface area contributed by atoms with E-state index in [0.29, 0.717) is 0 Å². The van der Waals surface area contributed by atoms with E-state index >= 15 is 0 Å². The predicted octanol–water partition coefficient (Wildman–Crippen LogP) is 0.295. The monoisotopic (exact) mass is 240 g/mol. The summed E-state index contributed by atoms with van der Waals surface area (Å²) < 4.78 is 0. The van der Waals surface area contributed by atoms with E-state index in [-0.39, 0.29) is 0 Å². The normalized spacial score (nSPS) is 2.33. The Balaban J connectivity index is -0.0000000225. The van der Waals surface area contributed by atoms with Crippen molar-refractivity contribution in [3.8, 4) is 0 Å². The molecule has 0 radical (unpaired) electrons. The molecule has 0 aliphatic heterocycles. The molecule has 0 aliphatic carbocycles. The van der Waals surface area contributed by atoms with E-state index in [2.05, 4.69) is 43.5 Å². The SMILES string of the molecule is [Br][Rh+2].[CH-]=O.[CH-]=O. The van der Waals surface area contributed by atoms with Gasteiger partial charge in [-0.15, -0.1) is 0 Å². The van der Waals surface area contributed by atoms with Gasteiger partial charge in [0.05, 0.1) is 0 Å². The van der Waals surface area contributed by atoms with E-state index < -0.39 is 0 Å². The molecule has 0 spiro atoms. The molecule has 0 aromatic rings. The molecule has 0 unspecified atom stereocenters. The van der Waals surface area contributed by atoms with Crippen molar-refractivity contribution < 1.29 is 25.9 Å². The third-order valence-corrected chi connectivity index (χ3v) is 0. The quantitative estimate of drug-likeness (QED) is 0.347. The standard InChI is InChI=1S/2CHO.BrH.Rh/c2*1-2;;/h2*1H;1H;/q2*-1;;+3/p-1. The molecule has 0 fully saturated rings. The summed E-state index contributed by atoms with van der Waals surface area (Å²) in [6.07, 6.45) is 0. The maximum absolute atomic E-state index is 7.75. The Morgan fingerprint density at radius 2 is 1.00 bits per heavy atom. The molecule has 0 aromatic carbocycles. The van der Waals surface area contributed by atoms with Crippen LogP contribution < -0.4 is 0 Å². The van der Waals surface area contributed by atoms with Crippen LogP contribution in [0.15, 0.2) is 0 Å². The summed E-state index contributed by atoms with van der Waals surface area (Å²) in [6, 6.07) is 0. The summed E-state index contributed by atoms with van der Waals surface area (Å²) in [6.45, 7) is 6.50. The van der Waals surface area contributed by atoms with Gasteiger partial charge in [-0.1, -0.05) is 0 Å². The van der Waals surface area contributed by atoms with Gasteiger partial charge in [0.1, 0.15) is 0 Å². The van der Waals surface area contributed by atoms with Crippen LogP contribution in [-0.4, -0.2) is 13.6 Å². The Bertz CT molecular complexity index is 13.5. The van der Waals surface area contributed by atoms with Crippen LogP contribution in [0.3, 0.4) is 0 Å². The molecule has 38 valence electrons. The Labute approximate surface area is 53.3 Å². The predicted molar refractivity (Wildman–Crippen MR) is 22.4 cm³/mol. The van der Waals surface area contributed by atoms with Crippen molar-refractivity contribution in [2.45, 2.75) is 0 Å². The second-order valence-electron chi connectivity index (χ2n) is 0. The molecule has 4 heteroatoms. The summed E-state index contributed by atoms with van der Waals surface area (Å²) in [4.78, 5) is 15.5. The molecule has 0 amide bonds. The number of halogens is 1. The fraction of sp³-hybridized carbons (Fsp3) is 0. The third kappa shape index (κ3) is 268. The minimum Gasteiger partial charge on any atom is -0.545 e. The van der Waals surface area contributed by atoms with E-state index in [1.54, 1.807) is 0 Å². The van der Waals surface area contributed by atoms with Crippen LogP contribution in [0, 0.1) is 0 Å². The van der Waals surface area contributed by atoms with Gasteiger partial charge in [0.25, 0.3) is 0 Å². The van der Waals surface area contributed by atoms with Crippen molar-refractivity contribution in [2.75, 3.05) is 0 Å². The van der Waals surface area contributed by atoms with E-state index in [0.717, 1.165) is 0 Å². The second-order valence-corrected chi connectivity index (χ2v) is 0. The van der Waals surface area contributed by atoms with Crippen molar-refractivity contribution in [2.24, 2.45) is 0 Å². The maximum Gasteiger partial charge on any atom is -0.282 e. The van der Waals surface area contributed by atoms with Crippen molar-refractivity contribution in [1.82, 2.24) is 0 Å². The third-order valence-electron chi connectivity index (χ3n) is 0. The fourth-order valence-corrected chi connectivity index (χ4v) is 0. The molecule has 0 saturated heterocycles. The summed E-state index contributed by atoms with van der Waals surface area (Å²) in [5.74, 6) is 0. The summed E-state index contributed by atoms with van der Waals surface area (Å²) in [7, 11) is 0. The first kappa shape index (κ1) is 16.1. The zero-order valence-corrected chi connectivity index (χ0v) is 5.91. The average molecular weight is 241 g/mol. The average Bonchev–Trinajstić information content (AvgIpc) is 1.81. The van der Waals surface area contributed by atoms with Crippen molar-refractivity contribution in [1.29, 1.82) is 0 Å². The summed E-state index contributed by atoms with van der Waals surface area (Å²) >= 11 is 5.19. The van der Waals surface area contributed by atoms with Crippen LogP contribution in [0.5, 0.6) is 0 Å². The van der Waals surface area contributed by atoms with Crippen LogP contribution in [0.1, 0.15) is 0 Å². The summed E-state index contributed by atoms with van der Waals surface area (Å²) in [5, 5.41) is 0. The van der Waals surface area contributed by atoms with Gasteiger partial charge in [-0.2, -0.15) is 0 Å². The molecule has 0 atom stereocenters. The molecule has 0 heterocycles. The van der Waals surface area contributed by atoms with Crippen molar-refractivity contribution >= 4 is 27.2 Å². The minimum absolute atomic E-state index is 2.36. The Morgan fingerprint density at radius 3 is 1.00 bits per heavy atom. The first-order valence-electron chi connectivity index (χ1n) is 0.597. The van der Waals surface area contributed by atoms with Crippen LogP contribution in [0.25, 0.3) is 0 Å². The van der Waals surface area contributed by atoms with E-state index in [9.17, 15) is 0 Å². The number of hydrogen-bond donors (Lipinski definition) is 0. The molecule has 0 bridgehead atoms. The summed E-state index contributed by atoms with van der Waals surface area (Å²) in [5.41, 5.74) is 0. The molecule has 0 aromatic heterocycles. The number of hydrogen-bond acceptors (Lipinski definition) is 2. The van der Waals surface area contributed by atoms with Gasteiger partial charge < -0.3 is 9.59 Å². The Morgan fingerprint density at radius 1 is 1.00 bits per heavy atom. The topological polar surface area (TPSA) is 34.1 Å². The second kappa shape index (κ2) is 547. The molecule has 0 N–H and O–H groups in total. The zero-order valence-electron chi connectivity index (χ0n) is 2.68. The molecule has 2 nitrogen and oxygen atoms in total. The van der Waals surface area contributed by atoms with Gasteiger partial charge in [0.2, 0.25) is 0 Å². The first-order chi connectivity index (χ1) is 3.00. The van der Waals surface area contributed by atoms with Crippen LogP contribution >= 0.6 is 13.6 Å². The molecular formula is C2H2BrO2Rh. The van der Waals surface area contributed by atoms with Gasteiger partial charge >= 0.3 is 30.0 Å². The van der Waals surface area contributed by atoms with Crippen LogP contribution in [-0.2, 0) is 25.9 Å². The van der Waals surface area contributed by atoms with E-state index in [1.165, 1.54) is 0 Å². The van der Waals surface area contributed by atoms with E-state index in [1.807, 2.05) is 0 Å².